The summed E-state index contributed by atoms with van der Waals surface area (Å²) in [6.45, 7) is 0.583. The van der Waals surface area contributed by atoms with Crippen LogP contribution in [0.15, 0.2) is 18.3 Å². The van der Waals surface area contributed by atoms with Crippen molar-refractivity contribution in [2.75, 3.05) is 11.9 Å². The molecule has 2 rings (SSSR count). The topological polar surface area (TPSA) is 24.9 Å². The van der Waals surface area contributed by atoms with E-state index in [-0.39, 0.29) is 11.2 Å². The van der Waals surface area contributed by atoms with Crippen LogP contribution in [-0.4, -0.2) is 16.9 Å². The van der Waals surface area contributed by atoms with Crippen LogP contribution in [0.5, 0.6) is 0 Å². The Hall–Kier alpha value is -0.830. The maximum absolute atomic E-state index is 13.1. The van der Waals surface area contributed by atoms with E-state index in [9.17, 15) is 4.39 Å². The molecule has 1 heterocycles. The van der Waals surface area contributed by atoms with Crippen LogP contribution >= 0.6 is 11.6 Å². The summed E-state index contributed by atoms with van der Waals surface area (Å²) in [6.07, 6.45) is 3.95. The second-order valence-electron chi connectivity index (χ2n) is 3.57. The van der Waals surface area contributed by atoms with Crippen molar-refractivity contribution in [2.24, 2.45) is 5.92 Å². The Morgan fingerprint density at radius 2 is 2.43 bits per heavy atom. The lowest BCUT2D eigenvalue weighted by molar-refractivity contribution is 0.623. The summed E-state index contributed by atoms with van der Waals surface area (Å²) in [6, 6.07) is 2.95. The van der Waals surface area contributed by atoms with E-state index in [0.717, 1.165) is 0 Å². The molecule has 1 aromatic heterocycles. The monoisotopic (exact) mass is 214 g/mol. The van der Waals surface area contributed by atoms with Crippen molar-refractivity contribution < 1.29 is 4.39 Å². The number of alkyl halides is 1. The van der Waals surface area contributed by atoms with Gasteiger partial charge in [0.05, 0.1) is 5.38 Å². The number of anilines is 1. The number of rotatable bonds is 4. The van der Waals surface area contributed by atoms with E-state index in [2.05, 4.69) is 10.3 Å². The average Bonchev–Trinajstić information content (AvgIpc) is 2.99. The Bertz CT molecular complexity index is 315. The third kappa shape index (κ3) is 2.35. The third-order valence-electron chi connectivity index (χ3n) is 2.36. The fourth-order valence-corrected chi connectivity index (χ4v) is 1.66. The molecule has 0 aromatic carbocycles. The van der Waals surface area contributed by atoms with Crippen LogP contribution in [0.1, 0.15) is 12.8 Å². The molecule has 2 nitrogen and oxygen atoms in total. The quantitative estimate of drug-likeness (QED) is 0.780. The van der Waals surface area contributed by atoms with E-state index in [0.29, 0.717) is 18.3 Å². The first kappa shape index (κ1) is 9.71. The second-order valence-corrected chi connectivity index (χ2v) is 4.13. The minimum atomic E-state index is -0.327. The summed E-state index contributed by atoms with van der Waals surface area (Å²) in [7, 11) is 0. The van der Waals surface area contributed by atoms with Gasteiger partial charge in [0.25, 0.3) is 0 Å². The van der Waals surface area contributed by atoms with Gasteiger partial charge in [-0.25, -0.2) is 9.37 Å². The van der Waals surface area contributed by atoms with Gasteiger partial charge in [0, 0.05) is 12.7 Å². The Morgan fingerprint density at radius 1 is 1.64 bits per heavy atom. The average molecular weight is 215 g/mol. The van der Waals surface area contributed by atoms with Gasteiger partial charge in [-0.1, -0.05) is 0 Å². The number of hydrogen-bond acceptors (Lipinski definition) is 2. The zero-order chi connectivity index (χ0) is 9.97. The van der Waals surface area contributed by atoms with Crippen LogP contribution in [0.2, 0.25) is 0 Å². The van der Waals surface area contributed by atoms with E-state index in [1.807, 2.05) is 0 Å². The van der Waals surface area contributed by atoms with Gasteiger partial charge in [-0.15, -0.1) is 11.6 Å². The molecule has 1 aliphatic rings. The van der Waals surface area contributed by atoms with Crippen molar-refractivity contribution in [1.29, 1.82) is 0 Å². The van der Waals surface area contributed by atoms with Crippen LogP contribution in [0.4, 0.5) is 10.2 Å². The van der Waals surface area contributed by atoms with E-state index in [4.69, 9.17) is 11.6 Å². The van der Waals surface area contributed by atoms with Gasteiger partial charge in [0.15, 0.2) is 11.6 Å². The Labute approximate surface area is 87.5 Å². The normalized spacial score (nSPS) is 17.9. The van der Waals surface area contributed by atoms with Crippen molar-refractivity contribution in [3.63, 3.8) is 0 Å². The fourth-order valence-electron chi connectivity index (χ4n) is 1.33. The molecule has 0 spiro atoms. The zero-order valence-corrected chi connectivity index (χ0v) is 8.47. The van der Waals surface area contributed by atoms with Crippen molar-refractivity contribution in [3.05, 3.63) is 24.1 Å². The molecule has 1 unspecified atom stereocenters. The second kappa shape index (κ2) is 4.13. The van der Waals surface area contributed by atoms with Crippen LogP contribution in [0.25, 0.3) is 0 Å². The first-order valence-electron chi connectivity index (χ1n) is 4.76. The Balaban J connectivity index is 1.87. The van der Waals surface area contributed by atoms with Crippen LogP contribution in [0, 0.1) is 11.7 Å². The molecule has 0 amide bonds. The minimum Gasteiger partial charge on any atom is -0.366 e. The molecule has 76 valence electrons. The highest BCUT2D eigenvalue weighted by Gasteiger charge is 2.29. The maximum atomic E-state index is 13.1. The minimum absolute atomic E-state index is 0.0939. The van der Waals surface area contributed by atoms with Gasteiger partial charge in [-0.05, 0) is 30.9 Å². The predicted molar refractivity (Wildman–Crippen MR) is 55.0 cm³/mol. The number of aromatic nitrogens is 1. The lowest BCUT2D eigenvalue weighted by Crippen LogP contribution is -2.17. The van der Waals surface area contributed by atoms with E-state index < -0.39 is 0 Å². The fraction of sp³-hybridized carbons (Fsp3) is 0.500. The predicted octanol–water partition coefficient (Wildman–Crippen LogP) is 2.65. The summed E-state index contributed by atoms with van der Waals surface area (Å²) in [5.74, 6) is 0.571. The molecule has 14 heavy (non-hydrogen) atoms. The number of halogens is 2. The third-order valence-corrected chi connectivity index (χ3v) is 2.87. The highest BCUT2D eigenvalue weighted by molar-refractivity contribution is 6.21. The summed E-state index contributed by atoms with van der Waals surface area (Å²) in [4.78, 5) is 3.89. The largest absolute Gasteiger partial charge is 0.366 e. The summed E-state index contributed by atoms with van der Waals surface area (Å²) < 4.78 is 13.1. The maximum Gasteiger partial charge on any atom is 0.165 e. The van der Waals surface area contributed by atoms with Crippen LogP contribution in [0.3, 0.4) is 0 Å². The van der Waals surface area contributed by atoms with Gasteiger partial charge in [0.1, 0.15) is 0 Å². The first-order valence-corrected chi connectivity index (χ1v) is 5.19. The zero-order valence-electron chi connectivity index (χ0n) is 7.71. The standard InChI is InChI=1S/C10H12ClFN2/c11-8(7-3-4-7)6-14-10-9(12)2-1-5-13-10/h1-2,5,7-8H,3-4,6H2,(H,13,14). The molecule has 0 radical (unpaired) electrons. The van der Waals surface area contributed by atoms with Crippen molar-refractivity contribution in [2.45, 2.75) is 18.2 Å². The Kier molecular flexibility index (Phi) is 2.87. The van der Waals surface area contributed by atoms with Gasteiger partial charge in [0.2, 0.25) is 0 Å². The number of hydrogen-bond donors (Lipinski definition) is 1. The molecule has 0 bridgehead atoms. The molecule has 0 saturated heterocycles. The van der Waals surface area contributed by atoms with Crippen LogP contribution in [-0.2, 0) is 0 Å². The van der Waals surface area contributed by atoms with E-state index in [1.165, 1.54) is 18.9 Å². The molecule has 1 atom stereocenters. The molecule has 0 aliphatic heterocycles. The number of nitrogens with one attached hydrogen (secondary N) is 1. The van der Waals surface area contributed by atoms with Gasteiger partial charge in [-0.2, -0.15) is 0 Å². The van der Waals surface area contributed by atoms with Gasteiger partial charge >= 0.3 is 0 Å². The molecule has 1 aromatic rings. The van der Waals surface area contributed by atoms with E-state index >= 15 is 0 Å². The van der Waals surface area contributed by atoms with Crippen molar-refractivity contribution in [3.8, 4) is 0 Å². The molecule has 1 fully saturated rings. The number of nitrogens with zero attached hydrogens (tertiary/aromatic N) is 1. The summed E-state index contributed by atoms with van der Waals surface area (Å²) in [5.41, 5.74) is 0. The summed E-state index contributed by atoms with van der Waals surface area (Å²) >= 11 is 6.07. The Morgan fingerprint density at radius 3 is 3.07 bits per heavy atom. The van der Waals surface area contributed by atoms with E-state index in [1.54, 1.807) is 12.3 Å². The van der Waals surface area contributed by atoms with Crippen LogP contribution < -0.4 is 5.32 Å². The summed E-state index contributed by atoms with van der Waals surface area (Å²) in [5, 5.41) is 3.01. The molecule has 1 aliphatic carbocycles. The lowest BCUT2D eigenvalue weighted by Gasteiger charge is -2.10. The molecule has 1 N–H and O–H groups in total. The van der Waals surface area contributed by atoms with Gasteiger partial charge in [-0.3, -0.25) is 0 Å². The van der Waals surface area contributed by atoms with Crippen molar-refractivity contribution >= 4 is 17.4 Å². The first-order chi connectivity index (χ1) is 6.77. The highest BCUT2D eigenvalue weighted by Crippen LogP contribution is 2.35. The highest BCUT2D eigenvalue weighted by atomic mass is 35.5. The van der Waals surface area contributed by atoms with Gasteiger partial charge < -0.3 is 5.32 Å². The van der Waals surface area contributed by atoms with Crippen molar-refractivity contribution in [1.82, 2.24) is 4.98 Å². The molecule has 4 heteroatoms. The molecular formula is C10H12ClFN2. The lowest BCUT2D eigenvalue weighted by atomic mass is 10.3. The SMILES string of the molecule is Fc1cccnc1NCC(Cl)C1CC1. The number of pyridine rings is 1. The molecule has 1 saturated carbocycles. The smallest absolute Gasteiger partial charge is 0.165 e. The molecular weight excluding hydrogens is 203 g/mol.